The van der Waals surface area contributed by atoms with Gasteiger partial charge in [-0.1, -0.05) is 6.92 Å². The van der Waals surface area contributed by atoms with Gasteiger partial charge >= 0.3 is 0 Å². The SMILES string of the molecule is CCCN(CC1CC1)C(=O)c1cc(S(=O)(=O)Cl)c(C)o1. The quantitative estimate of drug-likeness (QED) is 0.756. The molecule has 0 N–H and O–H groups in total. The van der Waals surface area contributed by atoms with Crippen LogP contribution in [0.4, 0.5) is 0 Å². The molecule has 1 aromatic heterocycles. The minimum absolute atomic E-state index is 0.0378. The molecule has 112 valence electrons. The Kier molecular flexibility index (Phi) is 4.44. The van der Waals surface area contributed by atoms with Gasteiger partial charge in [-0.25, -0.2) is 8.42 Å². The average molecular weight is 320 g/mol. The summed E-state index contributed by atoms with van der Waals surface area (Å²) in [5, 5.41) is 0. The molecule has 0 unspecified atom stereocenters. The summed E-state index contributed by atoms with van der Waals surface area (Å²) in [6.45, 7) is 4.82. The molecule has 1 aliphatic carbocycles. The van der Waals surface area contributed by atoms with Gasteiger partial charge in [-0.3, -0.25) is 4.79 Å². The Morgan fingerprint density at radius 3 is 2.60 bits per heavy atom. The van der Waals surface area contributed by atoms with Gasteiger partial charge in [0, 0.05) is 29.8 Å². The third kappa shape index (κ3) is 3.55. The minimum atomic E-state index is -3.89. The molecule has 20 heavy (non-hydrogen) atoms. The Bertz CT molecular complexity index is 604. The topological polar surface area (TPSA) is 67.6 Å². The minimum Gasteiger partial charge on any atom is -0.455 e. The lowest BCUT2D eigenvalue weighted by atomic mass is 10.3. The van der Waals surface area contributed by atoms with Gasteiger partial charge in [0.05, 0.1) is 0 Å². The normalized spacial score (nSPS) is 15.3. The predicted octanol–water partition coefficient (Wildman–Crippen LogP) is 2.78. The molecule has 0 spiro atoms. The highest BCUT2D eigenvalue weighted by atomic mass is 35.7. The van der Waals surface area contributed by atoms with Crippen molar-refractivity contribution in [2.45, 2.75) is 38.0 Å². The fraction of sp³-hybridized carbons (Fsp3) is 0.615. The van der Waals surface area contributed by atoms with Crippen molar-refractivity contribution in [1.82, 2.24) is 4.90 Å². The fourth-order valence-corrected chi connectivity index (χ4v) is 3.22. The van der Waals surface area contributed by atoms with E-state index in [1.165, 1.54) is 13.0 Å². The molecule has 0 aromatic carbocycles. The maximum absolute atomic E-state index is 12.4. The van der Waals surface area contributed by atoms with Crippen molar-refractivity contribution in [3.05, 3.63) is 17.6 Å². The molecule has 0 saturated heterocycles. The zero-order chi connectivity index (χ0) is 14.9. The number of furan rings is 1. The van der Waals surface area contributed by atoms with Gasteiger partial charge in [0.15, 0.2) is 5.76 Å². The first-order valence-electron chi connectivity index (χ1n) is 6.67. The van der Waals surface area contributed by atoms with Crippen molar-refractivity contribution in [3.63, 3.8) is 0 Å². The van der Waals surface area contributed by atoms with Crippen LogP contribution in [0.3, 0.4) is 0 Å². The van der Waals surface area contributed by atoms with E-state index in [0.29, 0.717) is 19.0 Å². The lowest BCUT2D eigenvalue weighted by Gasteiger charge is -2.20. The number of carbonyl (C=O) groups excluding carboxylic acids is 1. The summed E-state index contributed by atoms with van der Waals surface area (Å²) >= 11 is 0. The Morgan fingerprint density at radius 2 is 2.15 bits per heavy atom. The van der Waals surface area contributed by atoms with Gasteiger partial charge < -0.3 is 9.32 Å². The zero-order valence-corrected chi connectivity index (χ0v) is 13.1. The number of nitrogens with zero attached hydrogens (tertiary/aromatic N) is 1. The smallest absolute Gasteiger partial charge is 0.289 e. The van der Waals surface area contributed by atoms with E-state index >= 15 is 0 Å². The van der Waals surface area contributed by atoms with Crippen LogP contribution in [-0.2, 0) is 9.05 Å². The summed E-state index contributed by atoms with van der Waals surface area (Å²) in [6.07, 6.45) is 3.14. The number of halogens is 1. The Labute approximate surface area is 123 Å². The van der Waals surface area contributed by atoms with Crippen molar-refractivity contribution in [2.75, 3.05) is 13.1 Å². The summed E-state index contributed by atoms with van der Waals surface area (Å²) in [6, 6.07) is 1.22. The van der Waals surface area contributed by atoms with Gasteiger partial charge in [0.25, 0.3) is 15.0 Å². The first kappa shape index (κ1) is 15.4. The molecule has 1 aromatic rings. The second kappa shape index (κ2) is 5.77. The van der Waals surface area contributed by atoms with Crippen LogP contribution in [0.1, 0.15) is 42.5 Å². The summed E-state index contributed by atoms with van der Waals surface area (Å²) in [4.78, 5) is 14.0. The van der Waals surface area contributed by atoms with E-state index in [9.17, 15) is 13.2 Å². The van der Waals surface area contributed by atoms with Crippen molar-refractivity contribution >= 4 is 25.6 Å². The van der Waals surface area contributed by atoms with Crippen LogP contribution < -0.4 is 0 Å². The molecule has 7 heteroatoms. The van der Waals surface area contributed by atoms with Gasteiger partial charge in [-0.05, 0) is 32.1 Å². The molecule has 0 bridgehead atoms. The molecule has 1 fully saturated rings. The van der Waals surface area contributed by atoms with E-state index in [2.05, 4.69) is 0 Å². The van der Waals surface area contributed by atoms with E-state index in [1.54, 1.807) is 4.90 Å². The second-order valence-corrected chi connectivity index (χ2v) is 7.70. The van der Waals surface area contributed by atoms with Crippen LogP contribution in [0.15, 0.2) is 15.4 Å². The average Bonchev–Trinajstić information content (AvgIpc) is 3.07. The van der Waals surface area contributed by atoms with Crippen molar-refractivity contribution < 1.29 is 17.6 Å². The fourth-order valence-electron chi connectivity index (χ4n) is 2.13. The van der Waals surface area contributed by atoms with Gasteiger partial charge in [-0.15, -0.1) is 0 Å². The molecule has 5 nitrogen and oxygen atoms in total. The molecule has 0 aliphatic heterocycles. The zero-order valence-electron chi connectivity index (χ0n) is 11.6. The summed E-state index contributed by atoms with van der Waals surface area (Å²) in [5.41, 5.74) is 0. The van der Waals surface area contributed by atoms with Crippen LogP contribution in [0.5, 0.6) is 0 Å². The van der Waals surface area contributed by atoms with Gasteiger partial charge in [0.2, 0.25) is 0 Å². The number of aryl methyl sites for hydroxylation is 1. The molecular formula is C13H18ClNO4S. The van der Waals surface area contributed by atoms with Crippen LogP contribution in [-0.4, -0.2) is 32.3 Å². The standard InChI is InChI=1S/C13H18ClNO4S/c1-3-6-15(8-10-4-5-10)13(16)11-7-12(9(2)19-11)20(14,17)18/h7,10H,3-6,8H2,1-2H3. The van der Waals surface area contributed by atoms with Crippen LogP contribution in [0, 0.1) is 12.8 Å². The lowest BCUT2D eigenvalue weighted by Crippen LogP contribution is -2.33. The molecule has 1 heterocycles. The molecule has 0 radical (unpaired) electrons. The highest BCUT2D eigenvalue weighted by Crippen LogP contribution is 2.31. The van der Waals surface area contributed by atoms with Gasteiger partial charge in [-0.2, -0.15) is 0 Å². The lowest BCUT2D eigenvalue weighted by molar-refractivity contribution is 0.0714. The second-order valence-electron chi connectivity index (χ2n) is 5.16. The number of hydrogen-bond acceptors (Lipinski definition) is 4. The monoisotopic (exact) mass is 319 g/mol. The highest BCUT2D eigenvalue weighted by molar-refractivity contribution is 8.13. The first-order valence-corrected chi connectivity index (χ1v) is 8.98. The summed E-state index contributed by atoms with van der Waals surface area (Å²) in [7, 11) is 1.42. The number of amides is 1. The number of hydrogen-bond donors (Lipinski definition) is 0. The van der Waals surface area contributed by atoms with E-state index < -0.39 is 9.05 Å². The third-order valence-corrected chi connectivity index (χ3v) is 4.73. The Balaban J connectivity index is 2.22. The maximum atomic E-state index is 12.4. The summed E-state index contributed by atoms with van der Waals surface area (Å²) < 4.78 is 28.0. The third-order valence-electron chi connectivity index (χ3n) is 3.30. The molecule has 2 rings (SSSR count). The van der Waals surface area contributed by atoms with Crippen LogP contribution in [0.25, 0.3) is 0 Å². The number of carbonyl (C=O) groups is 1. The molecule has 1 saturated carbocycles. The molecule has 1 aliphatic rings. The number of rotatable bonds is 6. The van der Waals surface area contributed by atoms with E-state index in [0.717, 1.165) is 19.3 Å². The van der Waals surface area contributed by atoms with E-state index in [1.807, 2.05) is 6.92 Å². The van der Waals surface area contributed by atoms with Crippen LogP contribution in [0.2, 0.25) is 0 Å². The Hall–Kier alpha value is -1.01. The van der Waals surface area contributed by atoms with Gasteiger partial charge in [0.1, 0.15) is 10.7 Å². The van der Waals surface area contributed by atoms with E-state index in [4.69, 9.17) is 15.1 Å². The molecular weight excluding hydrogens is 302 g/mol. The van der Waals surface area contributed by atoms with Crippen LogP contribution >= 0.6 is 10.7 Å². The first-order chi connectivity index (χ1) is 9.32. The summed E-state index contributed by atoms with van der Waals surface area (Å²) in [5.74, 6) is 0.480. The van der Waals surface area contributed by atoms with E-state index in [-0.39, 0.29) is 22.3 Å². The highest BCUT2D eigenvalue weighted by Gasteiger charge is 2.29. The predicted molar refractivity (Wildman–Crippen MR) is 75.4 cm³/mol. The maximum Gasteiger partial charge on any atom is 0.289 e. The molecule has 1 amide bonds. The van der Waals surface area contributed by atoms with Crippen molar-refractivity contribution in [1.29, 1.82) is 0 Å². The van der Waals surface area contributed by atoms with Crippen molar-refractivity contribution in [3.8, 4) is 0 Å². The largest absolute Gasteiger partial charge is 0.455 e. The molecule has 0 atom stereocenters. The Morgan fingerprint density at radius 1 is 1.50 bits per heavy atom. The van der Waals surface area contributed by atoms with Crippen molar-refractivity contribution in [2.24, 2.45) is 5.92 Å².